The van der Waals surface area contributed by atoms with E-state index in [0.29, 0.717) is 0 Å². The van der Waals surface area contributed by atoms with E-state index in [1.165, 1.54) is 28.8 Å². The van der Waals surface area contributed by atoms with Crippen molar-refractivity contribution in [2.45, 2.75) is 44.8 Å². The zero-order chi connectivity index (χ0) is 16.4. The van der Waals surface area contributed by atoms with Crippen molar-refractivity contribution < 1.29 is 112 Å². The third-order valence-corrected chi connectivity index (χ3v) is 5.95. The van der Waals surface area contributed by atoms with Gasteiger partial charge in [0.25, 0.3) is 0 Å². The van der Waals surface area contributed by atoms with Crippen molar-refractivity contribution >= 4 is 0 Å². The second-order valence-electron chi connectivity index (χ2n) is 8.12. The summed E-state index contributed by atoms with van der Waals surface area (Å²) in [4.78, 5) is 0. The van der Waals surface area contributed by atoms with Gasteiger partial charge in [-0.3, -0.25) is 0 Å². The number of quaternary nitrogens is 1. The van der Waals surface area contributed by atoms with E-state index in [0.717, 1.165) is 35.4 Å². The van der Waals surface area contributed by atoms with Crippen molar-refractivity contribution in [2.24, 2.45) is 0 Å². The second-order valence-corrected chi connectivity index (χ2v) is 8.12. The largest absolute Gasteiger partial charge is 0.493 e. The molecule has 6 heteroatoms. The topological polar surface area (TPSA) is 18.5 Å². The van der Waals surface area contributed by atoms with Crippen LogP contribution < -0.4 is 9.47 Å². The molecule has 3 radical (unpaired) electrons. The van der Waals surface area contributed by atoms with Gasteiger partial charge in [0, 0.05) is 109 Å². The molecule has 2 atom stereocenters. The standard InChI is InChI=1S/C20H27NO2.3Y/c1-13-6-7-17-20(11-13)8-9-21(3,4)12-15-14(2)10-16(22-5)19(23-17)18(15)20;;;/h6,10-11,17H,7-9,12H2,1-5H3;;;/t17?,20-;;;/m1.../s1. The maximum Gasteiger partial charge on any atom is 0.164 e. The molecule has 0 amide bonds. The van der Waals surface area contributed by atoms with E-state index in [1.807, 2.05) is 0 Å². The summed E-state index contributed by atoms with van der Waals surface area (Å²) in [6.45, 7) is 6.67. The first kappa shape index (κ1) is 25.7. The van der Waals surface area contributed by atoms with Crippen LogP contribution in [0, 0.1) is 13.3 Å². The van der Waals surface area contributed by atoms with E-state index in [4.69, 9.17) is 9.47 Å². The number of hydrogen-bond donors (Lipinski definition) is 0. The van der Waals surface area contributed by atoms with Gasteiger partial charge in [0.05, 0.1) is 33.9 Å². The Morgan fingerprint density at radius 2 is 1.92 bits per heavy atom. The van der Waals surface area contributed by atoms with Crippen molar-refractivity contribution in [2.75, 3.05) is 27.7 Å². The fraction of sp³-hybridized carbons (Fsp3) is 0.550. The minimum Gasteiger partial charge on any atom is -0.493 e. The molecule has 1 aliphatic carbocycles. The molecular formula is C20H27NO2Y3. The van der Waals surface area contributed by atoms with E-state index in [-0.39, 0.29) is 110 Å². The van der Waals surface area contributed by atoms with Crippen molar-refractivity contribution in [3.8, 4) is 11.5 Å². The molecule has 1 spiro atoms. The molecule has 4 rings (SSSR count). The van der Waals surface area contributed by atoms with E-state index < -0.39 is 0 Å². The van der Waals surface area contributed by atoms with E-state index in [1.54, 1.807) is 7.11 Å². The molecule has 2 aliphatic heterocycles. The third-order valence-electron chi connectivity index (χ3n) is 5.95. The summed E-state index contributed by atoms with van der Waals surface area (Å²) in [7, 11) is 6.43. The SMILES string of the molecule is COc1cc(C)c2c3c1OC1C[CH-]C(C)=C[C@@]31CC[N+](C)(C)C2.[Y].[Y].[Y]. The first-order valence-corrected chi connectivity index (χ1v) is 8.58. The predicted molar refractivity (Wildman–Crippen MR) is 91.8 cm³/mol. The number of hydrogen-bond acceptors (Lipinski definition) is 2. The Bertz CT molecular complexity index is 717. The van der Waals surface area contributed by atoms with Gasteiger partial charge in [-0.2, -0.15) is 0 Å². The minimum atomic E-state index is 0. The van der Waals surface area contributed by atoms with Gasteiger partial charge < -0.3 is 14.0 Å². The molecule has 26 heavy (non-hydrogen) atoms. The Labute approximate surface area is 233 Å². The second kappa shape index (κ2) is 9.24. The van der Waals surface area contributed by atoms with Crippen molar-refractivity contribution in [3.63, 3.8) is 0 Å². The number of methoxy groups -OCH3 is 1. The van der Waals surface area contributed by atoms with Gasteiger partial charge in [-0.05, 0) is 30.4 Å². The molecule has 3 aliphatic rings. The first-order valence-electron chi connectivity index (χ1n) is 8.58. The number of benzene rings is 1. The average molecular weight is 580 g/mol. The van der Waals surface area contributed by atoms with Crippen LogP contribution in [0.5, 0.6) is 11.5 Å². The predicted octanol–water partition coefficient (Wildman–Crippen LogP) is 3.53. The Morgan fingerprint density at radius 1 is 1.23 bits per heavy atom. The van der Waals surface area contributed by atoms with E-state index in [9.17, 15) is 0 Å². The number of nitrogens with zero attached hydrogens (tertiary/aromatic N) is 1. The Balaban J connectivity index is 0.00000113. The fourth-order valence-electron chi connectivity index (χ4n) is 4.71. The molecule has 1 aromatic rings. The summed E-state index contributed by atoms with van der Waals surface area (Å²) in [6, 6.07) is 2.16. The van der Waals surface area contributed by atoms with Crippen LogP contribution in [0.1, 0.15) is 36.5 Å². The summed E-state index contributed by atoms with van der Waals surface area (Å²) in [6.07, 6.45) is 7.13. The zero-order valence-corrected chi connectivity index (χ0v) is 25.1. The van der Waals surface area contributed by atoms with Crippen LogP contribution in [-0.4, -0.2) is 38.3 Å². The maximum atomic E-state index is 6.47. The van der Waals surface area contributed by atoms with Crippen LogP contribution in [0.2, 0.25) is 0 Å². The Morgan fingerprint density at radius 3 is 2.58 bits per heavy atom. The smallest absolute Gasteiger partial charge is 0.164 e. The monoisotopic (exact) mass is 580 g/mol. The molecule has 1 aromatic carbocycles. The first-order chi connectivity index (χ1) is 10.9. The molecular weight excluding hydrogens is 553 g/mol. The molecule has 0 saturated carbocycles. The Hall–Kier alpha value is 1.70. The summed E-state index contributed by atoms with van der Waals surface area (Å²) in [5, 5.41) is 0. The molecule has 3 nitrogen and oxygen atoms in total. The van der Waals surface area contributed by atoms with Crippen molar-refractivity contribution in [1.82, 2.24) is 0 Å². The fourth-order valence-corrected chi connectivity index (χ4v) is 4.71. The molecule has 2 heterocycles. The summed E-state index contributed by atoms with van der Waals surface area (Å²) in [5.74, 6) is 1.90. The molecule has 0 aromatic heterocycles. The van der Waals surface area contributed by atoms with Crippen LogP contribution in [0.3, 0.4) is 0 Å². The van der Waals surface area contributed by atoms with Gasteiger partial charge in [0.15, 0.2) is 11.5 Å². The van der Waals surface area contributed by atoms with Crippen molar-refractivity contribution in [3.05, 3.63) is 40.8 Å². The number of ether oxygens (including phenoxy) is 2. The van der Waals surface area contributed by atoms with E-state index >= 15 is 0 Å². The van der Waals surface area contributed by atoms with Gasteiger partial charge in [-0.15, -0.1) is 0 Å². The van der Waals surface area contributed by atoms with Gasteiger partial charge in [-0.1, -0.05) is 13.3 Å². The summed E-state index contributed by atoms with van der Waals surface area (Å²) in [5.41, 5.74) is 5.62. The van der Waals surface area contributed by atoms with Gasteiger partial charge in [-0.25, -0.2) is 18.1 Å². The molecule has 133 valence electrons. The van der Waals surface area contributed by atoms with Gasteiger partial charge in [0.2, 0.25) is 0 Å². The molecule has 0 N–H and O–H groups in total. The van der Waals surface area contributed by atoms with Crippen molar-refractivity contribution in [1.29, 1.82) is 0 Å². The molecule has 0 fully saturated rings. The molecule has 1 unspecified atom stereocenters. The molecule has 0 bridgehead atoms. The van der Waals surface area contributed by atoms with Crippen LogP contribution in [0.15, 0.2) is 17.7 Å². The minimum absolute atomic E-state index is 0. The summed E-state index contributed by atoms with van der Waals surface area (Å²) >= 11 is 0. The normalized spacial score (nSPS) is 26.8. The zero-order valence-electron chi connectivity index (χ0n) is 16.6. The van der Waals surface area contributed by atoms with Gasteiger partial charge >= 0.3 is 0 Å². The Kier molecular flexibility index (Phi) is 9.14. The van der Waals surface area contributed by atoms with Crippen LogP contribution in [0.4, 0.5) is 0 Å². The number of allylic oxidation sites excluding steroid dienone is 1. The number of rotatable bonds is 1. The maximum absolute atomic E-state index is 6.47. The van der Waals surface area contributed by atoms with Crippen LogP contribution in [0.25, 0.3) is 0 Å². The van der Waals surface area contributed by atoms with E-state index in [2.05, 4.69) is 46.5 Å². The number of aryl methyl sites for hydroxylation is 1. The van der Waals surface area contributed by atoms with Crippen LogP contribution >= 0.6 is 0 Å². The molecule has 0 saturated heterocycles. The van der Waals surface area contributed by atoms with Gasteiger partial charge in [0.1, 0.15) is 6.54 Å². The quantitative estimate of drug-likeness (QED) is 0.374. The van der Waals surface area contributed by atoms with Crippen LogP contribution in [-0.2, 0) is 110 Å². The average Bonchev–Trinajstić information content (AvgIpc) is 2.76. The summed E-state index contributed by atoms with van der Waals surface area (Å²) < 4.78 is 13.2. The third kappa shape index (κ3) is 4.12.